The van der Waals surface area contributed by atoms with Crippen LogP contribution in [0.2, 0.25) is 0 Å². The predicted molar refractivity (Wildman–Crippen MR) is 76.6 cm³/mol. The Morgan fingerprint density at radius 3 is 2.17 bits per heavy atom. The molecule has 2 aromatic carbocycles. The number of nitrogens with one attached hydrogen (secondary N) is 1. The van der Waals surface area contributed by atoms with Gasteiger partial charge in [0.1, 0.15) is 0 Å². The van der Waals surface area contributed by atoms with Gasteiger partial charge < -0.3 is 5.32 Å². The van der Waals surface area contributed by atoms with Crippen molar-refractivity contribution in [2.75, 3.05) is 4.31 Å². The van der Waals surface area contributed by atoms with E-state index in [9.17, 15) is 4.79 Å². The first kappa shape index (κ1) is 12.5. The highest BCUT2D eigenvalue weighted by Gasteiger charge is 2.10. The van der Waals surface area contributed by atoms with Gasteiger partial charge in [0.25, 0.3) is 0 Å². The fourth-order valence-electron chi connectivity index (χ4n) is 1.53. The average molecular weight is 258 g/mol. The molecule has 1 N–H and O–H groups in total. The SMILES string of the molecule is O=C(NCc1ccccc1)N(S)c1ccccc1. The summed E-state index contributed by atoms with van der Waals surface area (Å²) in [7, 11) is 0. The van der Waals surface area contributed by atoms with E-state index in [0.29, 0.717) is 6.54 Å². The summed E-state index contributed by atoms with van der Waals surface area (Å²) in [5.74, 6) is 0. The molecule has 0 saturated heterocycles. The van der Waals surface area contributed by atoms with E-state index in [-0.39, 0.29) is 6.03 Å². The lowest BCUT2D eigenvalue weighted by Crippen LogP contribution is -2.33. The largest absolute Gasteiger partial charge is 0.333 e. The highest BCUT2D eigenvalue weighted by molar-refractivity contribution is 7.82. The molecule has 0 aliphatic rings. The van der Waals surface area contributed by atoms with Crippen LogP contribution in [-0.4, -0.2) is 6.03 Å². The molecule has 2 aromatic rings. The Labute approximate surface area is 112 Å². The normalized spacial score (nSPS) is 9.83. The van der Waals surface area contributed by atoms with Gasteiger partial charge in [0.15, 0.2) is 0 Å². The molecule has 3 nitrogen and oxygen atoms in total. The molecule has 2 rings (SSSR count). The van der Waals surface area contributed by atoms with Crippen molar-refractivity contribution in [2.24, 2.45) is 0 Å². The van der Waals surface area contributed by atoms with Gasteiger partial charge in [-0.25, -0.2) is 9.10 Å². The average Bonchev–Trinajstić information content (AvgIpc) is 2.46. The maximum atomic E-state index is 11.9. The number of amides is 2. The second-order valence-electron chi connectivity index (χ2n) is 3.79. The van der Waals surface area contributed by atoms with Crippen molar-refractivity contribution in [1.82, 2.24) is 5.32 Å². The molecule has 0 aromatic heterocycles. The monoisotopic (exact) mass is 258 g/mol. The van der Waals surface area contributed by atoms with Gasteiger partial charge in [-0.2, -0.15) is 0 Å². The van der Waals surface area contributed by atoms with E-state index in [4.69, 9.17) is 0 Å². The van der Waals surface area contributed by atoms with Gasteiger partial charge >= 0.3 is 6.03 Å². The summed E-state index contributed by atoms with van der Waals surface area (Å²) in [5, 5.41) is 2.81. The first-order valence-corrected chi connectivity index (χ1v) is 6.03. The quantitative estimate of drug-likeness (QED) is 0.814. The van der Waals surface area contributed by atoms with Crippen molar-refractivity contribution >= 4 is 24.5 Å². The van der Waals surface area contributed by atoms with Crippen LogP contribution in [0.4, 0.5) is 10.5 Å². The van der Waals surface area contributed by atoms with Crippen LogP contribution in [0, 0.1) is 0 Å². The van der Waals surface area contributed by atoms with Crippen LogP contribution in [-0.2, 0) is 6.54 Å². The fourth-order valence-corrected chi connectivity index (χ4v) is 1.74. The third kappa shape index (κ3) is 3.28. The van der Waals surface area contributed by atoms with Crippen molar-refractivity contribution in [1.29, 1.82) is 0 Å². The van der Waals surface area contributed by atoms with Crippen LogP contribution in [0.15, 0.2) is 60.7 Å². The zero-order valence-corrected chi connectivity index (χ0v) is 10.7. The highest BCUT2D eigenvalue weighted by atomic mass is 32.1. The maximum absolute atomic E-state index is 11.9. The van der Waals surface area contributed by atoms with Crippen molar-refractivity contribution in [3.05, 3.63) is 66.2 Å². The summed E-state index contributed by atoms with van der Waals surface area (Å²) in [6, 6.07) is 18.8. The third-order valence-electron chi connectivity index (χ3n) is 2.48. The number of para-hydroxylation sites is 1. The summed E-state index contributed by atoms with van der Waals surface area (Å²) in [5.41, 5.74) is 1.80. The molecule has 18 heavy (non-hydrogen) atoms. The summed E-state index contributed by atoms with van der Waals surface area (Å²) >= 11 is 4.18. The third-order valence-corrected chi connectivity index (χ3v) is 2.89. The molecule has 0 radical (unpaired) electrons. The topological polar surface area (TPSA) is 32.3 Å². The fraction of sp³-hybridized carbons (Fsp3) is 0.0714. The number of anilines is 1. The predicted octanol–water partition coefficient (Wildman–Crippen LogP) is 3.25. The van der Waals surface area contributed by atoms with Crippen LogP contribution in [0.3, 0.4) is 0 Å². The second-order valence-corrected chi connectivity index (χ2v) is 4.19. The van der Waals surface area contributed by atoms with Crippen LogP contribution in [0.1, 0.15) is 5.56 Å². The Hall–Kier alpha value is -1.94. The number of rotatable bonds is 3. The van der Waals surface area contributed by atoms with Gasteiger partial charge in [-0.05, 0) is 17.7 Å². The van der Waals surface area contributed by atoms with E-state index in [2.05, 4.69) is 18.1 Å². The number of hydrogen-bond acceptors (Lipinski definition) is 2. The minimum absolute atomic E-state index is 0.242. The lowest BCUT2D eigenvalue weighted by atomic mass is 10.2. The van der Waals surface area contributed by atoms with Gasteiger partial charge in [0, 0.05) is 6.54 Å². The Kier molecular flexibility index (Phi) is 4.25. The van der Waals surface area contributed by atoms with E-state index >= 15 is 0 Å². The van der Waals surface area contributed by atoms with Crippen LogP contribution < -0.4 is 9.62 Å². The Balaban J connectivity index is 1.93. The first-order valence-electron chi connectivity index (χ1n) is 5.63. The molecule has 0 atom stereocenters. The lowest BCUT2D eigenvalue weighted by Gasteiger charge is -2.16. The number of carbonyl (C=O) groups excluding carboxylic acids is 1. The molecule has 4 heteroatoms. The van der Waals surface area contributed by atoms with Gasteiger partial charge in [0.05, 0.1) is 5.69 Å². The van der Waals surface area contributed by atoms with Crippen LogP contribution in [0.5, 0.6) is 0 Å². The smallest absolute Gasteiger partial charge is 0.332 e. The minimum Gasteiger partial charge on any atom is -0.333 e. The maximum Gasteiger partial charge on any atom is 0.332 e. The number of nitrogens with zero attached hydrogens (tertiary/aromatic N) is 1. The molecule has 0 unspecified atom stereocenters. The Bertz CT molecular complexity index is 502. The second kappa shape index (κ2) is 6.12. The number of hydrogen-bond donors (Lipinski definition) is 2. The van der Waals surface area contributed by atoms with Crippen LogP contribution >= 0.6 is 12.8 Å². The highest BCUT2D eigenvalue weighted by Crippen LogP contribution is 2.15. The summed E-state index contributed by atoms with van der Waals surface area (Å²) in [6.07, 6.45) is 0. The van der Waals surface area contributed by atoms with Crippen LogP contribution in [0.25, 0.3) is 0 Å². The molecule has 2 amide bonds. The summed E-state index contributed by atoms with van der Waals surface area (Å²) in [6.45, 7) is 0.490. The van der Waals surface area contributed by atoms with Crippen molar-refractivity contribution < 1.29 is 4.79 Å². The number of thiol groups is 1. The van der Waals surface area contributed by atoms with Gasteiger partial charge in [-0.1, -0.05) is 61.3 Å². The molecular formula is C14H14N2OS. The van der Waals surface area contributed by atoms with E-state index in [1.807, 2.05) is 60.7 Å². The minimum atomic E-state index is -0.242. The molecule has 0 spiro atoms. The van der Waals surface area contributed by atoms with E-state index < -0.39 is 0 Å². The summed E-state index contributed by atoms with van der Waals surface area (Å²) < 4.78 is 1.29. The van der Waals surface area contributed by atoms with Crippen molar-refractivity contribution in [3.8, 4) is 0 Å². The molecular weight excluding hydrogens is 244 g/mol. The van der Waals surface area contributed by atoms with Gasteiger partial charge in [-0.3, -0.25) is 0 Å². The lowest BCUT2D eigenvalue weighted by molar-refractivity contribution is 0.249. The van der Waals surface area contributed by atoms with E-state index in [0.717, 1.165) is 11.3 Å². The number of benzene rings is 2. The van der Waals surface area contributed by atoms with E-state index in [1.54, 1.807) is 0 Å². The van der Waals surface area contributed by atoms with Crippen molar-refractivity contribution in [2.45, 2.75) is 6.54 Å². The Morgan fingerprint density at radius 2 is 1.56 bits per heavy atom. The molecule has 92 valence electrons. The zero-order valence-electron chi connectivity index (χ0n) is 9.78. The molecule has 0 heterocycles. The van der Waals surface area contributed by atoms with E-state index in [1.165, 1.54) is 4.31 Å². The first-order chi connectivity index (χ1) is 8.77. The Morgan fingerprint density at radius 1 is 1.00 bits per heavy atom. The summed E-state index contributed by atoms with van der Waals surface area (Å²) in [4.78, 5) is 11.9. The standard InChI is InChI=1S/C14H14N2OS/c17-14(15-11-12-7-3-1-4-8-12)16(18)13-9-5-2-6-10-13/h1-10,18H,11H2,(H,15,17). The molecule has 0 aliphatic heterocycles. The van der Waals surface area contributed by atoms with Gasteiger partial charge in [0.2, 0.25) is 0 Å². The molecule has 0 bridgehead atoms. The van der Waals surface area contributed by atoms with Gasteiger partial charge in [-0.15, -0.1) is 0 Å². The molecule has 0 aliphatic carbocycles. The zero-order chi connectivity index (χ0) is 12.8. The number of carbonyl (C=O) groups is 1. The number of urea groups is 1. The molecule has 0 saturated carbocycles. The van der Waals surface area contributed by atoms with Crippen molar-refractivity contribution in [3.63, 3.8) is 0 Å². The molecule has 0 fully saturated rings.